The first-order chi connectivity index (χ1) is 11.7. The van der Waals surface area contributed by atoms with Crippen molar-refractivity contribution in [1.82, 2.24) is 5.16 Å². The van der Waals surface area contributed by atoms with E-state index >= 15 is 0 Å². The monoisotopic (exact) mass is 322 g/mol. The number of carbonyl (C=O) groups excluding carboxylic acids is 1. The highest BCUT2D eigenvalue weighted by Gasteiger charge is 2.11. The molecule has 0 bridgehead atoms. The Morgan fingerprint density at radius 3 is 2.54 bits per heavy atom. The van der Waals surface area contributed by atoms with Crippen molar-refractivity contribution in [3.8, 4) is 17.4 Å². The van der Waals surface area contributed by atoms with E-state index in [0.29, 0.717) is 28.1 Å². The van der Waals surface area contributed by atoms with Crippen LogP contribution in [-0.4, -0.2) is 11.1 Å². The molecule has 3 aromatic rings. The number of hydrogen-bond acceptors (Lipinski definition) is 5. The van der Waals surface area contributed by atoms with Crippen molar-refractivity contribution in [3.63, 3.8) is 0 Å². The Kier molecular flexibility index (Phi) is 4.34. The predicted octanol–water partition coefficient (Wildman–Crippen LogP) is 3.71. The second kappa shape index (κ2) is 6.75. The minimum Gasteiger partial charge on any atom is -0.455 e. The van der Waals surface area contributed by atoms with E-state index in [4.69, 9.17) is 14.5 Å². The molecule has 0 aliphatic heterocycles. The lowest BCUT2D eigenvalue weighted by molar-refractivity contribution is 0.0464. The maximum atomic E-state index is 12.9. The minimum absolute atomic E-state index is 0.0521. The average molecular weight is 322 g/mol. The largest absolute Gasteiger partial charge is 0.455 e. The van der Waals surface area contributed by atoms with E-state index in [-0.39, 0.29) is 12.4 Å². The zero-order chi connectivity index (χ0) is 16.9. The maximum Gasteiger partial charge on any atom is 0.338 e. The molecule has 0 unspecified atom stereocenters. The van der Waals surface area contributed by atoms with Crippen LogP contribution in [0.5, 0.6) is 0 Å². The third kappa shape index (κ3) is 3.47. The van der Waals surface area contributed by atoms with Gasteiger partial charge in [-0.1, -0.05) is 5.16 Å². The van der Waals surface area contributed by atoms with E-state index in [1.54, 1.807) is 30.3 Å². The number of hydrogen-bond donors (Lipinski definition) is 0. The molecule has 6 heteroatoms. The summed E-state index contributed by atoms with van der Waals surface area (Å²) < 4.78 is 23.2. The molecule has 0 saturated carbocycles. The fourth-order valence-electron chi connectivity index (χ4n) is 2.03. The minimum atomic E-state index is -0.522. The van der Waals surface area contributed by atoms with Crippen LogP contribution < -0.4 is 0 Å². The Morgan fingerprint density at radius 1 is 1.17 bits per heavy atom. The van der Waals surface area contributed by atoms with Gasteiger partial charge in [0, 0.05) is 11.6 Å². The van der Waals surface area contributed by atoms with Crippen molar-refractivity contribution in [2.75, 3.05) is 0 Å². The maximum absolute atomic E-state index is 12.9. The van der Waals surface area contributed by atoms with Crippen molar-refractivity contribution >= 4 is 5.97 Å². The molecule has 5 nitrogen and oxygen atoms in total. The zero-order valence-corrected chi connectivity index (χ0v) is 12.4. The van der Waals surface area contributed by atoms with Gasteiger partial charge in [-0.3, -0.25) is 0 Å². The summed E-state index contributed by atoms with van der Waals surface area (Å²) in [5, 5.41) is 12.5. The molecule has 118 valence electrons. The summed E-state index contributed by atoms with van der Waals surface area (Å²) in [4.78, 5) is 11.9. The molecule has 0 spiro atoms. The number of esters is 1. The summed E-state index contributed by atoms with van der Waals surface area (Å²) >= 11 is 0. The molecule has 0 radical (unpaired) electrons. The standard InChI is InChI=1S/C18H11FN2O3/c19-15-7-5-13(6-8-15)17-9-16(21-24-17)11-23-18(22)14-3-1-12(10-20)2-4-14/h1-9H,11H2. The predicted molar refractivity (Wildman–Crippen MR) is 82.2 cm³/mol. The van der Waals surface area contributed by atoms with Crippen LogP contribution in [0, 0.1) is 17.1 Å². The fraction of sp³-hybridized carbons (Fsp3) is 0.0556. The highest BCUT2D eigenvalue weighted by molar-refractivity contribution is 5.89. The van der Waals surface area contributed by atoms with E-state index in [0.717, 1.165) is 0 Å². The van der Waals surface area contributed by atoms with Crippen LogP contribution in [0.15, 0.2) is 59.1 Å². The lowest BCUT2D eigenvalue weighted by atomic mass is 10.1. The number of halogens is 1. The van der Waals surface area contributed by atoms with Gasteiger partial charge in [0.2, 0.25) is 0 Å². The molecule has 0 amide bonds. The summed E-state index contributed by atoms with van der Waals surface area (Å²) in [6.07, 6.45) is 0. The number of rotatable bonds is 4. The van der Waals surface area contributed by atoms with Gasteiger partial charge in [0.15, 0.2) is 5.76 Å². The summed E-state index contributed by atoms with van der Waals surface area (Å²) in [6.45, 7) is -0.0521. The van der Waals surface area contributed by atoms with Crippen molar-refractivity contribution < 1.29 is 18.4 Å². The lowest BCUT2D eigenvalue weighted by Gasteiger charge is -2.02. The van der Waals surface area contributed by atoms with Crippen LogP contribution in [0.4, 0.5) is 4.39 Å². The summed E-state index contributed by atoms with van der Waals surface area (Å²) in [7, 11) is 0. The molecule has 0 fully saturated rings. The van der Waals surface area contributed by atoms with Crippen LogP contribution in [0.25, 0.3) is 11.3 Å². The van der Waals surface area contributed by atoms with E-state index in [2.05, 4.69) is 5.16 Å². The first-order valence-corrected chi connectivity index (χ1v) is 7.04. The van der Waals surface area contributed by atoms with E-state index in [9.17, 15) is 9.18 Å². The van der Waals surface area contributed by atoms with Gasteiger partial charge in [0.25, 0.3) is 0 Å². The molecule has 0 N–H and O–H groups in total. The van der Waals surface area contributed by atoms with E-state index in [1.165, 1.54) is 24.3 Å². The van der Waals surface area contributed by atoms with Gasteiger partial charge in [-0.25, -0.2) is 9.18 Å². The molecule has 0 atom stereocenters. The molecule has 1 aromatic heterocycles. The average Bonchev–Trinajstić information content (AvgIpc) is 3.09. The quantitative estimate of drug-likeness (QED) is 0.684. The number of nitrogens with zero attached hydrogens (tertiary/aromatic N) is 2. The molecule has 0 aliphatic rings. The highest BCUT2D eigenvalue weighted by atomic mass is 19.1. The first-order valence-electron chi connectivity index (χ1n) is 7.04. The summed E-state index contributed by atoms with van der Waals surface area (Å²) in [5.74, 6) is -0.403. The van der Waals surface area contributed by atoms with Gasteiger partial charge in [0.1, 0.15) is 18.1 Å². The number of nitriles is 1. The molecule has 0 aliphatic carbocycles. The SMILES string of the molecule is N#Cc1ccc(C(=O)OCc2cc(-c3ccc(F)cc3)on2)cc1. The topological polar surface area (TPSA) is 76.1 Å². The molecule has 2 aromatic carbocycles. The van der Waals surface area contributed by atoms with Crippen LogP contribution in [0.2, 0.25) is 0 Å². The highest BCUT2D eigenvalue weighted by Crippen LogP contribution is 2.21. The van der Waals surface area contributed by atoms with Crippen molar-refractivity contribution in [2.24, 2.45) is 0 Å². The van der Waals surface area contributed by atoms with Crippen molar-refractivity contribution in [1.29, 1.82) is 5.26 Å². The van der Waals surface area contributed by atoms with Crippen LogP contribution in [0.1, 0.15) is 21.6 Å². The van der Waals surface area contributed by atoms with Gasteiger partial charge in [-0.15, -0.1) is 0 Å². The summed E-state index contributed by atoms with van der Waals surface area (Å²) in [5.41, 5.74) is 1.92. The molecular weight excluding hydrogens is 311 g/mol. The molecule has 3 rings (SSSR count). The first kappa shape index (κ1) is 15.4. The van der Waals surface area contributed by atoms with Gasteiger partial charge in [0.05, 0.1) is 17.2 Å². The number of benzene rings is 2. The Bertz CT molecular complexity index is 893. The zero-order valence-electron chi connectivity index (χ0n) is 12.4. The summed E-state index contributed by atoms with van der Waals surface area (Å²) in [6, 6.07) is 15.5. The van der Waals surface area contributed by atoms with Crippen LogP contribution in [0.3, 0.4) is 0 Å². The van der Waals surface area contributed by atoms with E-state index < -0.39 is 5.97 Å². The molecule has 24 heavy (non-hydrogen) atoms. The fourth-order valence-corrected chi connectivity index (χ4v) is 2.03. The van der Waals surface area contributed by atoms with Crippen molar-refractivity contribution in [3.05, 3.63) is 77.2 Å². The molecular formula is C18H11FN2O3. The molecule has 1 heterocycles. The third-order valence-corrected chi connectivity index (χ3v) is 3.29. The normalized spacial score (nSPS) is 10.2. The Labute approximate surface area is 136 Å². The third-order valence-electron chi connectivity index (χ3n) is 3.29. The van der Waals surface area contributed by atoms with Gasteiger partial charge in [-0.2, -0.15) is 5.26 Å². The number of ether oxygens (including phenoxy) is 1. The Balaban J connectivity index is 1.63. The smallest absolute Gasteiger partial charge is 0.338 e. The van der Waals surface area contributed by atoms with Crippen molar-refractivity contribution in [2.45, 2.75) is 6.61 Å². The van der Waals surface area contributed by atoms with E-state index in [1.807, 2.05) is 6.07 Å². The van der Waals surface area contributed by atoms with Gasteiger partial charge < -0.3 is 9.26 Å². The second-order valence-electron chi connectivity index (χ2n) is 4.95. The van der Waals surface area contributed by atoms with Gasteiger partial charge in [-0.05, 0) is 48.5 Å². The molecule has 0 saturated heterocycles. The number of carbonyl (C=O) groups is 1. The van der Waals surface area contributed by atoms with Crippen LogP contribution >= 0.6 is 0 Å². The van der Waals surface area contributed by atoms with Gasteiger partial charge >= 0.3 is 5.97 Å². The van der Waals surface area contributed by atoms with Crippen LogP contribution in [-0.2, 0) is 11.3 Å². The number of aromatic nitrogens is 1. The Hall–Kier alpha value is -3.46. The lowest BCUT2D eigenvalue weighted by Crippen LogP contribution is -2.05. The second-order valence-corrected chi connectivity index (χ2v) is 4.95. The Morgan fingerprint density at radius 2 is 1.88 bits per heavy atom.